The molecule has 2 N–H and O–H groups in total. The number of rotatable bonds is 5. The zero-order chi connectivity index (χ0) is 16.9. The third-order valence-corrected chi connectivity index (χ3v) is 4.03. The molecule has 2 atom stereocenters. The molecule has 1 aromatic heterocycles. The van der Waals surface area contributed by atoms with E-state index in [1.807, 2.05) is 30.3 Å². The van der Waals surface area contributed by atoms with Crippen molar-refractivity contribution in [2.75, 3.05) is 6.61 Å². The van der Waals surface area contributed by atoms with Gasteiger partial charge in [0.15, 0.2) is 0 Å². The second-order valence-electron chi connectivity index (χ2n) is 5.65. The van der Waals surface area contributed by atoms with Crippen LogP contribution in [-0.4, -0.2) is 34.7 Å². The molecule has 124 valence electrons. The first-order valence-electron chi connectivity index (χ1n) is 7.82. The minimum Gasteiger partial charge on any atom is -0.477 e. The smallest absolute Gasteiger partial charge is 0.354 e. The summed E-state index contributed by atoms with van der Waals surface area (Å²) in [5.41, 5.74) is 1.21. The van der Waals surface area contributed by atoms with Crippen LogP contribution in [0.1, 0.15) is 45.3 Å². The summed E-state index contributed by atoms with van der Waals surface area (Å²) in [5, 5.41) is 11.9. The lowest BCUT2D eigenvalue weighted by Gasteiger charge is -2.24. The highest BCUT2D eigenvalue weighted by Crippen LogP contribution is 2.27. The van der Waals surface area contributed by atoms with E-state index in [1.165, 1.54) is 18.3 Å². The lowest BCUT2D eigenvalue weighted by atomic mass is 9.99. The fourth-order valence-corrected chi connectivity index (χ4v) is 2.80. The molecule has 0 saturated carbocycles. The number of carbonyl (C=O) groups is 2. The number of hydrogen-bond donors (Lipinski definition) is 2. The van der Waals surface area contributed by atoms with E-state index in [2.05, 4.69) is 10.3 Å². The van der Waals surface area contributed by atoms with Crippen molar-refractivity contribution in [1.29, 1.82) is 0 Å². The first kappa shape index (κ1) is 16.1. The summed E-state index contributed by atoms with van der Waals surface area (Å²) in [6.07, 6.45) is 3.06. The number of nitrogens with zero attached hydrogens (tertiary/aromatic N) is 1. The Morgan fingerprint density at radius 1 is 1.21 bits per heavy atom. The molecule has 1 amide bonds. The molecule has 2 aromatic rings. The molecule has 1 aliphatic heterocycles. The van der Waals surface area contributed by atoms with Crippen molar-refractivity contribution in [3.05, 3.63) is 65.5 Å². The topological polar surface area (TPSA) is 88.5 Å². The van der Waals surface area contributed by atoms with E-state index in [0.29, 0.717) is 12.2 Å². The molecule has 1 aromatic carbocycles. The summed E-state index contributed by atoms with van der Waals surface area (Å²) in [7, 11) is 0. The summed E-state index contributed by atoms with van der Waals surface area (Å²) < 4.78 is 5.75. The van der Waals surface area contributed by atoms with E-state index in [4.69, 9.17) is 9.84 Å². The summed E-state index contributed by atoms with van der Waals surface area (Å²) >= 11 is 0. The number of carboxylic acid groups (broad SMARTS) is 1. The number of aromatic carboxylic acids is 1. The van der Waals surface area contributed by atoms with Crippen LogP contribution >= 0.6 is 0 Å². The molecular formula is C18H18N2O4. The molecule has 0 aliphatic carbocycles. The number of ether oxygens (including phenoxy) is 1. The fourth-order valence-electron chi connectivity index (χ4n) is 2.80. The molecule has 3 rings (SSSR count). The molecule has 6 heteroatoms. The monoisotopic (exact) mass is 326 g/mol. The van der Waals surface area contributed by atoms with E-state index in [9.17, 15) is 9.59 Å². The van der Waals surface area contributed by atoms with Gasteiger partial charge in [0, 0.05) is 12.8 Å². The van der Waals surface area contributed by atoms with Crippen molar-refractivity contribution in [2.45, 2.75) is 25.0 Å². The van der Waals surface area contributed by atoms with Gasteiger partial charge >= 0.3 is 5.97 Å². The van der Waals surface area contributed by atoms with Gasteiger partial charge in [-0.25, -0.2) is 9.78 Å². The molecular weight excluding hydrogens is 308 g/mol. The number of pyridine rings is 1. The van der Waals surface area contributed by atoms with E-state index in [-0.39, 0.29) is 23.7 Å². The average Bonchev–Trinajstić information content (AvgIpc) is 3.14. The molecule has 2 heterocycles. The van der Waals surface area contributed by atoms with Gasteiger partial charge in [0.2, 0.25) is 0 Å². The predicted octanol–water partition coefficient (Wildman–Crippen LogP) is 2.43. The highest BCUT2D eigenvalue weighted by Gasteiger charge is 2.29. The maximum atomic E-state index is 12.5. The van der Waals surface area contributed by atoms with Gasteiger partial charge in [-0.3, -0.25) is 4.79 Å². The van der Waals surface area contributed by atoms with Gasteiger partial charge in [0.05, 0.1) is 17.7 Å². The molecule has 1 aliphatic rings. The summed E-state index contributed by atoms with van der Waals surface area (Å²) in [6, 6.07) is 12.2. The lowest BCUT2D eigenvalue weighted by Crippen LogP contribution is -2.36. The van der Waals surface area contributed by atoms with E-state index in [1.54, 1.807) is 0 Å². The third-order valence-electron chi connectivity index (χ3n) is 4.03. The van der Waals surface area contributed by atoms with Crippen molar-refractivity contribution in [2.24, 2.45) is 0 Å². The number of amides is 1. The number of benzene rings is 1. The van der Waals surface area contributed by atoms with Crippen LogP contribution in [0.25, 0.3) is 0 Å². The zero-order valence-electron chi connectivity index (χ0n) is 13.0. The lowest BCUT2D eigenvalue weighted by molar-refractivity contribution is 0.0669. The standard InChI is InChI=1S/C18H18N2O4/c21-17(13-8-9-14(18(22)23)19-11-13)20-16(15-7-4-10-24-15)12-5-2-1-3-6-12/h1-3,5-6,8-9,11,15-16H,4,7,10H2,(H,20,21)(H,22,23). The summed E-state index contributed by atoms with van der Waals surface area (Å²) in [6.45, 7) is 0.693. The van der Waals surface area contributed by atoms with Crippen LogP contribution in [0.2, 0.25) is 0 Å². The van der Waals surface area contributed by atoms with Crippen LogP contribution in [0.15, 0.2) is 48.7 Å². The molecule has 1 fully saturated rings. The predicted molar refractivity (Wildman–Crippen MR) is 86.8 cm³/mol. The van der Waals surface area contributed by atoms with Gasteiger partial charge in [-0.1, -0.05) is 30.3 Å². The highest BCUT2D eigenvalue weighted by atomic mass is 16.5. The van der Waals surface area contributed by atoms with E-state index in [0.717, 1.165) is 18.4 Å². The third kappa shape index (κ3) is 3.60. The van der Waals surface area contributed by atoms with Crippen molar-refractivity contribution in [3.63, 3.8) is 0 Å². The van der Waals surface area contributed by atoms with Crippen LogP contribution in [0.3, 0.4) is 0 Å². The van der Waals surface area contributed by atoms with Crippen LogP contribution in [0.4, 0.5) is 0 Å². The summed E-state index contributed by atoms with van der Waals surface area (Å²) in [5.74, 6) is -1.42. The second kappa shape index (κ2) is 7.23. The van der Waals surface area contributed by atoms with Crippen LogP contribution in [0.5, 0.6) is 0 Å². The molecule has 24 heavy (non-hydrogen) atoms. The number of nitrogens with one attached hydrogen (secondary N) is 1. The van der Waals surface area contributed by atoms with Crippen molar-refractivity contribution in [3.8, 4) is 0 Å². The Labute approximate surface area is 139 Å². The Bertz CT molecular complexity index is 710. The quantitative estimate of drug-likeness (QED) is 0.881. The molecule has 0 radical (unpaired) electrons. The molecule has 6 nitrogen and oxygen atoms in total. The van der Waals surface area contributed by atoms with Crippen molar-refractivity contribution >= 4 is 11.9 Å². The van der Waals surface area contributed by atoms with Crippen LogP contribution < -0.4 is 5.32 Å². The number of carbonyl (C=O) groups excluding carboxylic acids is 1. The van der Waals surface area contributed by atoms with Gasteiger partial charge in [-0.2, -0.15) is 0 Å². The zero-order valence-corrected chi connectivity index (χ0v) is 13.0. The normalized spacial score (nSPS) is 18.1. The Balaban J connectivity index is 1.79. The van der Waals surface area contributed by atoms with Gasteiger partial charge in [0.25, 0.3) is 5.91 Å². The second-order valence-corrected chi connectivity index (χ2v) is 5.65. The average molecular weight is 326 g/mol. The fraction of sp³-hybridized carbons (Fsp3) is 0.278. The molecule has 0 bridgehead atoms. The maximum Gasteiger partial charge on any atom is 0.354 e. The molecule has 1 saturated heterocycles. The largest absolute Gasteiger partial charge is 0.477 e. The minimum atomic E-state index is -1.12. The summed E-state index contributed by atoms with van der Waals surface area (Å²) in [4.78, 5) is 27.1. The number of aromatic nitrogens is 1. The van der Waals surface area contributed by atoms with Gasteiger partial charge in [0.1, 0.15) is 5.69 Å². The molecule has 0 spiro atoms. The van der Waals surface area contributed by atoms with E-state index < -0.39 is 5.97 Å². The molecule has 2 unspecified atom stereocenters. The van der Waals surface area contributed by atoms with Crippen LogP contribution in [-0.2, 0) is 4.74 Å². The Morgan fingerprint density at radius 2 is 2.00 bits per heavy atom. The Morgan fingerprint density at radius 3 is 2.58 bits per heavy atom. The van der Waals surface area contributed by atoms with E-state index >= 15 is 0 Å². The highest BCUT2D eigenvalue weighted by molar-refractivity contribution is 5.95. The van der Waals surface area contributed by atoms with Gasteiger partial charge < -0.3 is 15.2 Å². The SMILES string of the molecule is O=C(NC(c1ccccc1)C1CCCO1)c1ccc(C(=O)O)nc1. The minimum absolute atomic E-state index is 0.0670. The first-order chi connectivity index (χ1) is 11.6. The number of hydrogen-bond acceptors (Lipinski definition) is 4. The van der Waals surface area contributed by atoms with Crippen molar-refractivity contribution < 1.29 is 19.4 Å². The Hall–Kier alpha value is -2.73. The van der Waals surface area contributed by atoms with Crippen molar-refractivity contribution in [1.82, 2.24) is 10.3 Å². The Kier molecular flexibility index (Phi) is 4.86. The first-order valence-corrected chi connectivity index (χ1v) is 7.82. The van der Waals surface area contributed by atoms with Gasteiger partial charge in [-0.05, 0) is 30.5 Å². The van der Waals surface area contributed by atoms with Gasteiger partial charge in [-0.15, -0.1) is 0 Å². The number of carboxylic acids is 1. The van der Waals surface area contributed by atoms with Crippen LogP contribution in [0, 0.1) is 0 Å². The maximum absolute atomic E-state index is 12.5.